The van der Waals surface area contributed by atoms with Gasteiger partial charge in [0.25, 0.3) is 0 Å². The molecule has 1 rings (SSSR count). The molecule has 0 saturated carbocycles. The lowest BCUT2D eigenvalue weighted by Crippen LogP contribution is -2.42. The monoisotopic (exact) mass is 324 g/mol. The number of carbonyl (C=O) groups excluding carboxylic acids is 2. The van der Waals surface area contributed by atoms with Gasteiger partial charge >= 0.3 is 5.97 Å². The third kappa shape index (κ3) is 6.46. The van der Waals surface area contributed by atoms with Gasteiger partial charge in [-0.25, -0.2) is 0 Å². The minimum atomic E-state index is -1.01. The second kappa shape index (κ2) is 9.21. The van der Waals surface area contributed by atoms with Crippen LogP contribution in [0.1, 0.15) is 66.2 Å². The van der Waals surface area contributed by atoms with Gasteiger partial charge < -0.3 is 9.84 Å². The number of cyclic esters (lactones) is 1. The molecule has 0 aromatic carbocycles. The third-order valence-electron chi connectivity index (χ3n) is 4.81. The zero-order valence-corrected chi connectivity index (χ0v) is 15.0. The number of hydrogen-bond acceptors (Lipinski definition) is 4. The van der Waals surface area contributed by atoms with E-state index >= 15 is 0 Å². The van der Waals surface area contributed by atoms with E-state index < -0.39 is 17.5 Å². The van der Waals surface area contributed by atoms with Gasteiger partial charge in [0.1, 0.15) is 5.78 Å². The quantitative estimate of drug-likeness (QED) is 0.545. The summed E-state index contributed by atoms with van der Waals surface area (Å²) in [5, 5.41) is 10.3. The van der Waals surface area contributed by atoms with E-state index in [-0.39, 0.29) is 18.1 Å². The fraction of sp³-hybridized carbons (Fsp3) is 0.789. The van der Waals surface area contributed by atoms with E-state index in [2.05, 4.69) is 13.0 Å². The molecule has 132 valence electrons. The van der Waals surface area contributed by atoms with Crippen molar-refractivity contribution in [3.05, 3.63) is 12.2 Å². The Balaban J connectivity index is 2.82. The Kier molecular flexibility index (Phi) is 7.97. The van der Waals surface area contributed by atoms with Gasteiger partial charge in [0.15, 0.2) is 0 Å². The molecule has 0 aliphatic carbocycles. The van der Waals surface area contributed by atoms with Crippen molar-refractivity contribution in [1.82, 2.24) is 0 Å². The Bertz CT molecular complexity index is 425. The molecule has 0 bridgehead atoms. The van der Waals surface area contributed by atoms with Crippen LogP contribution in [0.3, 0.4) is 0 Å². The minimum Gasteiger partial charge on any atom is -0.465 e. The summed E-state index contributed by atoms with van der Waals surface area (Å²) in [6.45, 7) is 7.87. The number of aliphatic hydroxyl groups excluding tert-OH is 1. The highest BCUT2D eigenvalue weighted by atomic mass is 16.5. The molecule has 1 aliphatic heterocycles. The molecule has 0 saturated heterocycles. The third-order valence-corrected chi connectivity index (χ3v) is 4.81. The van der Waals surface area contributed by atoms with Crippen molar-refractivity contribution in [3.63, 3.8) is 0 Å². The van der Waals surface area contributed by atoms with Gasteiger partial charge in [0.2, 0.25) is 0 Å². The molecular formula is C19H32O4. The van der Waals surface area contributed by atoms with E-state index in [1.807, 2.05) is 13.0 Å². The summed E-state index contributed by atoms with van der Waals surface area (Å²) in [6, 6.07) is 0. The van der Waals surface area contributed by atoms with E-state index in [9.17, 15) is 14.7 Å². The number of esters is 1. The van der Waals surface area contributed by atoms with Crippen LogP contribution in [0.5, 0.6) is 0 Å². The number of aliphatic hydroxyl groups is 1. The van der Waals surface area contributed by atoms with Crippen molar-refractivity contribution >= 4 is 11.8 Å². The normalized spacial score (nSPS) is 33.0. The summed E-state index contributed by atoms with van der Waals surface area (Å²) in [4.78, 5) is 24.5. The van der Waals surface area contributed by atoms with E-state index in [0.717, 1.165) is 25.7 Å². The molecule has 0 aromatic heterocycles. The van der Waals surface area contributed by atoms with Crippen LogP contribution < -0.4 is 0 Å². The average molecular weight is 324 g/mol. The summed E-state index contributed by atoms with van der Waals surface area (Å²) in [7, 11) is 0. The summed E-state index contributed by atoms with van der Waals surface area (Å²) >= 11 is 0. The number of ketones is 1. The molecule has 0 unspecified atom stereocenters. The Labute approximate surface area is 140 Å². The Morgan fingerprint density at radius 1 is 1.17 bits per heavy atom. The van der Waals surface area contributed by atoms with Crippen LogP contribution in [0, 0.1) is 17.3 Å². The fourth-order valence-electron chi connectivity index (χ4n) is 3.16. The molecule has 3 atom stereocenters. The van der Waals surface area contributed by atoms with Gasteiger partial charge in [0.05, 0.1) is 24.5 Å². The molecule has 4 nitrogen and oxygen atoms in total. The van der Waals surface area contributed by atoms with Crippen molar-refractivity contribution in [2.75, 3.05) is 6.61 Å². The molecule has 0 radical (unpaired) electrons. The molecule has 23 heavy (non-hydrogen) atoms. The SMILES string of the molecule is C[C@H]1CCC/C=C\CCOC(=O)C[C@H](O)C(C)(C)C(=O)[C@H](C)C1. The van der Waals surface area contributed by atoms with E-state index in [1.54, 1.807) is 13.8 Å². The van der Waals surface area contributed by atoms with Gasteiger partial charge in [-0.15, -0.1) is 0 Å². The minimum absolute atomic E-state index is 0.0247. The van der Waals surface area contributed by atoms with Crippen molar-refractivity contribution < 1.29 is 19.4 Å². The molecule has 1 heterocycles. The molecule has 0 aromatic rings. The maximum Gasteiger partial charge on any atom is 0.308 e. The smallest absolute Gasteiger partial charge is 0.308 e. The van der Waals surface area contributed by atoms with Gasteiger partial charge in [0, 0.05) is 5.92 Å². The maximum atomic E-state index is 12.7. The van der Waals surface area contributed by atoms with Crippen LogP contribution in [0.2, 0.25) is 0 Å². The first-order chi connectivity index (χ1) is 10.7. The second-order valence-electron chi connectivity index (χ2n) is 7.46. The van der Waals surface area contributed by atoms with E-state index in [4.69, 9.17) is 4.74 Å². The van der Waals surface area contributed by atoms with Gasteiger partial charge in [-0.3, -0.25) is 9.59 Å². The molecule has 0 fully saturated rings. The van der Waals surface area contributed by atoms with Crippen LogP contribution in [-0.4, -0.2) is 29.6 Å². The first-order valence-corrected chi connectivity index (χ1v) is 8.78. The topological polar surface area (TPSA) is 63.6 Å². The first-order valence-electron chi connectivity index (χ1n) is 8.78. The maximum absolute atomic E-state index is 12.7. The summed E-state index contributed by atoms with van der Waals surface area (Å²) < 4.78 is 5.12. The fourth-order valence-corrected chi connectivity index (χ4v) is 3.16. The summed E-state index contributed by atoms with van der Waals surface area (Å²) in [6.07, 6.45) is 7.75. The van der Waals surface area contributed by atoms with Crippen molar-refractivity contribution in [2.45, 2.75) is 72.3 Å². The lowest BCUT2D eigenvalue weighted by Gasteiger charge is -2.32. The van der Waals surface area contributed by atoms with E-state index in [1.165, 1.54) is 0 Å². The van der Waals surface area contributed by atoms with Crippen LogP contribution in [-0.2, 0) is 14.3 Å². The number of hydrogen-bond donors (Lipinski definition) is 1. The summed E-state index contributed by atoms with van der Waals surface area (Å²) in [5.41, 5.74) is -0.935. The molecule has 1 N–H and O–H groups in total. The molecule has 0 amide bonds. The predicted molar refractivity (Wildman–Crippen MR) is 90.9 cm³/mol. The number of carbonyl (C=O) groups is 2. The average Bonchev–Trinajstić information content (AvgIpc) is 2.47. The highest BCUT2D eigenvalue weighted by molar-refractivity contribution is 5.87. The number of Topliss-reactive ketones (excluding diaryl/α,β-unsaturated/α-hetero) is 1. The summed E-state index contributed by atoms with van der Waals surface area (Å²) in [5.74, 6) is -0.0567. The van der Waals surface area contributed by atoms with Crippen LogP contribution in [0.15, 0.2) is 12.2 Å². The molecule has 4 heteroatoms. The molecule has 1 aliphatic rings. The van der Waals surface area contributed by atoms with Crippen molar-refractivity contribution in [2.24, 2.45) is 17.3 Å². The predicted octanol–water partition coefficient (Wildman–Crippen LogP) is 3.67. The lowest BCUT2D eigenvalue weighted by atomic mass is 9.74. The van der Waals surface area contributed by atoms with Gasteiger partial charge in [-0.1, -0.05) is 46.3 Å². The van der Waals surface area contributed by atoms with Crippen molar-refractivity contribution in [1.29, 1.82) is 0 Å². The highest BCUT2D eigenvalue weighted by Gasteiger charge is 2.39. The zero-order valence-electron chi connectivity index (χ0n) is 15.0. The van der Waals surface area contributed by atoms with Crippen LogP contribution in [0.25, 0.3) is 0 Å². The first kappa shape index (κ1) is 19.9. The largest absolute Gasteiger partial charge is 0.465 e. The standard InChI is InChI=1S/C19H32O4/c1-14-10-8-6-5-7-9-11-23-17(21)13-16(20)19(3,4)18(22)15(2)12-14/h5,7,14-16,20H,6,8-13H2,1-4H3/b7-5-/t14-,15+,16-/m0/s1. The van der Waals surface area contributed by atoms with Crippen molar-refractivity contribution in [3.8, 4) is 0 Å². The van der Waals surface area contributed by atoms with E-state index in [0.29, 0.717) is 18.9 Å². The lowest BCUT2D eigenvalue weighted by molar-refractivity contribution is -0.150. The second-order valence-corrected chi connectivity index (χ2v) is 7.46. The zero-order chi connectivity index (χ0) is 17.5. The number of rotatable bonds is 0. The van der Waals surface area contributed by atoms with Crippen LogP contribution >= 0.6 is 0 Å². The Morgan fingerprint density at radius 2 is 1.83 bits per heavy atom. The van der Waals surface area contributed by atoms with Gasteiger partial charge in [-0.05, 0) is 31.6 Å². The van der Waals surface area contributed by atoms with Crippen LogP contribution in [0.4, 0.5) is 0 Å². The number of allylic oxidation sites excluding steroid dienone is 1. The number of ether oxygens (including phenoxy) is 1. The highest BCUT2D eigenvalue weighted by Crippen LogP contribution is 2.31. The Morgan fingerprint density at radius 3 is 2.52 bits per heavy atom. The molecular weight excluding hydrogens is 292 g/mol. The van der Waals surface area contributed by atoms with Gasteiger partial charge in [-0.2, -0.15) is 0 Å². The Hall–Kier alpha value is -1.16. The molecule has 0 spiro atoms.